The topological polar surface area (TPSA) is 131 Å². The van der Waals surface area contributed by atoms with Crippen molar-refractivity contribution < 1.29 is 41.8 Å². The van der Waals surface area contributed by atoms with Gasteiger partial charge in [0.15, 0.2) is 22.2 Å². The van der Waals surface area contributed by atoms with Crippen molar-refractivity contribution in [3.05, 3.63) is 95.8 Å². The average molecular weight is 627 g/mol. The number of amides is 2. The predicted molar refractivity (Wildman–Crippen MR) is 158 cm³/mol. The number of hydrogen-bond donors (Lipinski definition) is 2. The summed E-state index contributed by atoms with van der Waals surface area (Å²) in [6.45, 7) is 0.339. The van der Waals surface area contributed by atoms with Gasteiger partial charge in [-0.15, -0.1) is 0 Å². The Morgan fingerprint density at radius 1 is 1.00 bits per heavy atom. The van der Waals surface area contributed by atoms with Crippen molar-refractivity contribution in [1.29, 1.82) is 0 Å². The summed E-state index contributed by atoms with van der Waals surface area (Å²) in [4.78, 5) is 33.3. The number of carbonyl (C=O) groups excluding carboxylic acids is 2. The molecule has 2 N–H and O–H groups in total. The molecule has 2 amide bonds. The highest BCUT2D eigenvalue weighted by molar-refractivity contribution is 7.92. The normalized spacial score (nSPS) is 22.4. The maximum atomic E-state index is 14.1. The summed E-state index contributed by atoms with van der Waals surface area (Å²) in [5.41, 5.74) is 3.11. The standard InChI is InChI=1S/C32H35FN2O8S/c33-25-11-15-27(16-12-25)42-26-13-9-24(10-14-26)32(22-28(36)34-43-29-8-4-5-20-41-29)17-18-35(19-21-44(32,39)40)31(38)30(37)23-6-2-1-3-7-23/h1-3,6-7,9-16,29-30,37H,4-5,8,17-22H2,(H,34,36)/t29?,30-,32?/m0/s1. The van der Waals surface area contributed by atoms with E-state index in [1.807, 2.05) is 0 Å². The molecular weight excluding hydrogens is 591 g/mol. The SMILES string of the molecule is O=C(CC1(c2ccc(Oc3ccc(F)cc3)cc2)CCN(C(=O)[C@@H](O)c2ccccc2)CCS1(=O)=O)NOC1CCCCO1. The Balaban J connectivity index is 1.40. The molecule has 3 atom stereocenters. The molecule has 3 aromatic rings. The largest absolute Gasteiger partial charge is 0.457 e. The molecule has 2 heterocycles. The van der Waals surface area contributed by atoms with Crippen molar-refractivity contribution >= 4 is 21.7 Å². The van der Waals surface area contributed by atoms with Crippen LogP contribution in [-0.4, -0.2) is 62.0 Å². The van der Waals surface area contributed by atoms with E-state index in [1.54, 1.807) is 54.6 Å². The van der Waals surface area contributed by atoms with E-state index in [0.29, 0.717) is 35.7 Å². The molecule has 0 saturated carbocycles. The minimum absolute atomic E-state index is 0.0182. The van der Waals surface area contributed by atoms with Gasteiger partial charge in [-0.1, -0.05) is 42.5 Å². The Hall–Kier alpha value is -3.84. The first-order chi connectivity index (χ1) is 21.2. The Morgan fingerprint density at radius 2 is 1.68 bits per heavy atom. The molecule has 234 valence electrons. The van der Waals surface area contributed by atoms with Gasteiger partial charge in [0.25, 0.3) is 5.91 Å². The number of halogens is 1. The lowest BCUT2D eigenvalue weighted by Gasteiger charge is -2.32. The molecule has 0 aliphatic carbocycles. The number of ether oxygens (including phenoxy) is 2. The van der Waals surface area contributed by atoms with E-state index in [9.17, 15) is 27.5 Å². The van der Waals surface area contributed by atoms with Gasteiger partial charge in [0.2, 0.25) is 5.91 Å². The molecule has 2 aliphatic heterocycles. The van der Waals surface area contributed by atoms with Gasteiger partial charge in [0, 0.05) is 26.1 Å². The minimum atomic E-state index is -4.05. The van der Waals surface area contributed by atoms with E-state index in [1.165, 1.54) is 29.2 Å². The summed E-state index contributed by atoms with van der Waals surface area (Å²) in [6, 6.07) is 20.2. The fourth-order valence-corrected chi connectivity index (χ4v) is 7.60. The summed E-state index contributed by atoms with van der Waals surface area (Å²) in [5, 5.41) is 10.7. The third kappa shape index (κ3) is 7.27. The third-order valence-corrected chi connectivity index (χ3v) is 10.5. The van der Waals surface area contributed by atoms with Crippen molar-refractivity contribution in [1.82, 2.24) is 10.4 Å². The molecule has 2 unspecified atom stereocenters. The van der Waals surface area contributed by atoms with Gasteiger partial charge < -0.3 is 19.5 Å². The van der Waals surface area contributed by atoms with Crippen molar-refractivity contribution in [2.75, 3.05) is 25.4 Å². The second-order valence-electron chi connectivity index (χ2n) is 10.9. The second-order valence-corrected chi connectivity index (χ2v) is 13.3. The quantitative estimate of drug-likeness (QED) is 0.339. The number of nitrogens with one attached hydrogen (secondary N) is 1. The van der Waals surface area contributed by atoms with Crippen LogP contribution in [0.15, 0.2) is 78.9 Å². The number of nitrogens with zero attached hydrogens (tertiary/aromatic N) is 1. The van der Waals surface area contributed by atoms with Crippen LogP contribution in [0.1, 0.15) is 49.3 Å². The number of rotatable bonds is 9. The third-order valence-electron chi connectivity index (χ3n) is 7.99. The number of hydroxylamine groups is 1. The number of carbonyl (C=O) groups is 2. The predicted octanol–water partition coefficient (Wildman–Crippen LogP) is 4.16. The zero-order chi connectivity index (χ0) is 31.2. The summed E-state index contributed by atoms with van der Waals surface area (Å²) < 4.78 is 51.0. The molecule has 12 heteroatoms. The summed E-state index contributed by atoms with van der Waals surface area (Å²) in [6.07, 6.45) is -0.280. The Morgan fingerprint density at radius 3 is 2.34 bits per heavy atom. The van der Waals surface area contributed by atoms with Gasteiger partial charge in [0.05, 0.1) is 12.2 Å². The molecule has 44 heavy (non-hydrogen) atoms. The summed E-state index contributed by atoms with van der Waals surface area (Å²) >= 11 is 0. The maximum absolute atomic E-state index is 14.1. The van der Waals surface area contributed by atoms with E-state index in [-0.39, 0.29) is 19.5 Å². The first-order valence-electron chi connectivity index (χ1n) is 14.5. The van der Waals surface area contributed by atoms with Gasteiger partial charge >= 0.3 is 0 Å². The summed E-state index contributed by atoms with van der Waals surface area (Å²) in [5.74, 6) is -1.33. The highest BCUT2D eigenvalue weighted by Gasteiger charge is 2.49. The zero-order valence-electron chi connectivity index (χ0n) is 24.1. The van der Waals surface area contributed by atoms with Crippen LogP contribution in [0.4, 0.5) is 4.39 Å². The average Bonchev–Trinajstić information content (AvgIpc) is 3.17. The van der Waals surface area contributed by atoms with E-state index < -0.39 is 56.8 Å². The number of sulfone groups is 1. The monoisotopic (exact) mass is 626 g/mol. The molecule has 5 rings (SSSR count). The molecule has 2 aliphatic rings. The molecule has 3 aromatic carbocycles. The molecule has 0 bridgehead atoms. The van der Waals surface area contributed by atoms with E-state index in [2.05, 4.69) is 5.48 Å². The van der Waals surface area contributed by atoms with Gasteiger partial charge in [0.1, 0.15) is 22.1 Å². The molecule has 0 aromatic heterocycles. The molecule has 2 saturated heterocycles. The van der Waals surface area contributed by atoms with Crippen LogP contribution in [0.5, 0.6) is 11.5 Å². The van der Waals surface area contributed by atoms with E-state index in [0.717, 1.165) is 12.8 Å². The zero-order valence-corrected chi connectivity index (χ0v) is 24.9. The lowest BCUT2D eigenvalue weighted by Crippen LogP contribution is -2.43. The smallest absolute Gasteiger partial charge is 0.256 e. The Kier molecular flexibility index (Phi) is 9.94. The molecule has 0 radical (unpaired) electrons. The number of aliphatic hydroxyl groups is 1. The lowest BCUT2D eigenvalue weighted by molar-refractivity contribution is -0.200. The molecule has 2 fully saturated rings. The Labute approximate surface area is 255 Å². The molecule has 10 nitrogen and oxygen atoms in total. The number of aliphatic hydroxyl groups excluding tert-OH is 1. The highest BCUT2D eigenvalue weighted by atomic mass is 32.2. The highest BCUT2D eigenvalue weighted by Crippen LogP contribution is 2.41. The molecule has 0 spiro atoms. The van der Waals surface area contributed by atoms with Crippen molar-refractivity contribution in [2.24, 2.45) is 0 Å². The number of hydrogen-bond acceptors (Lipinski definition) is 8. The van der Waals surface area contributed by atoms with Gasteiger partial charge in [-0.05, 0) is 66.8 Å². The second kappa shape index (κ2) is 13.9. The van der Waals surface area contributed by atoms with Crippen molar-refractivity contribution in [3.63, 3.8) is 0 Å². The first-order valence-corrected chi connectivity index (χ1v) is 16.2. The molecular formula is C32H35FN2O8S. The Bertz CT molecular complexity index is 1530. The van der Waals surface area contributed by atoms with Crippen LogP contribution >= 0.6 is 0 Å². The van der Waals surface area contributed by atoms with E-state index >= 15 is 0 Å². The van der Waals surface area contributed by atoms with Crippen molar-refractivity contribution in [2.45, 2.75) is 49.2 Å². The minimum Gasteiger partial charge on any atom is -0.457 e. The first kappa shape index (κ1) is 31.6. The summed E-state index contributed by atoms with van der Waals surface area (Å²) in [7, 11) is -4.05. The van der Waals surface area contributed by atoms with Crippen LogP contribution in [0, 0.1) is 5.82 Å². The van der Waals surface area contributed by atoms with Crippen LogP contribution < -0.4 is 10.2 Å². The van der Waals surface area contributed by atoms with Crippen LogP contribution in [0.25, 0.3) is 0 Å². The number of benzene rings is 3. The fourth-order valence-electron chi connectivity index (χ4n) is 5.50. The van der Waals surface area contributed by atoms with Crippen LogP contribution in [0.3, 0.4) is 0 Å². The lowest BCUT2D eigenvalue weighted by atomic mass is 9.90. The fraction of sp³-hybridized carbons (Fsp3) is 0.375. The van der Waals surface area contributed by atoms with Gasteiger partial charge in [-0.25, -0.2) is 23.1 Å². The van der Waals surface area contributed by atoms with Crippen molar-refractivity contribution in [3.8, 4) is 11.5 Å². The van der Waals surface area contributed by atoms with Crippen LogP contribution in [0.2, 0.25) is 0 Å². The van der Waals surface area contributed by atoms with Gasteiger partial charge in [-0.2, -0.15) is 0 Å². The van der Waals surface area contributed by atoms with Gasteiger partial charge in [-0.3, -0.25) is 9.59 Å². The van der Waals surface area contributed by atoms with Crippen LogP contribution in [-0.2, 0) is 33.7 Å². The van der Waals surface area contributed by atoms with E-state index in [4.69, 9.17) is 14.3 Å². The maximum Gasteiger partial charge on any atom is 0.256 e.